The zero-order valence-corrected chi connectivity index (χ0v) is 15.2. The van der Waals surface area contributed by atoms with E-state index in [0.717, 1.165) is 12.8 Å². The predicted molar refractivity (Wildman–Crippen MR) is 82.4 cm³/mol. The summed E-state index contributed by atoms with van der Waals surface area (Å²) in [5.41, 5.74) is 0.420. The van der Waals surface area contributed by atoms with Crippen molar-refractivity contribution < 1.29 is 31.3 Å². The van der Waals surface area contributed by atoms with Crippen molar-refractivity contribution in [3.63, 3.8) is 0 Å². The minimum atomic E-state index is -4.41. The van der Waals surface area contributed by atoms with Gasteiger partial charge in [-0.05, 0) is 20.8 Å². The molecule has 10 heteroatoms. The summed E-state index contributed by atoms with van der Waals surface area (Å²) in [6.45, 7) is 5.86. The van der Waals surface area contributed by atoms with E-state index in [1.807, 2.05) is 38.6 Å². The van der Waals surface area contributed by atoms with Gasteiger partial charge in [0.2, 0.25) is 16.1 Å². The molecule has 0 radical (unpaired) electrons. The number of pyridine rings is 1. The molecular weight excluding hydrogens is 348 g/mol. The number of hydrogen-bond acceptors (Lipinski definition) is 6. The first-order valence-corrected chi connectivity index (χ1v) is 8.17. The fourth-order valence-corrected chi connectivity index (χ4v) is 1.42. The number of nitrogens with one attached hydrogen (secondary N) is 1. The van der Waals surface area contributed by atoms with E-state index in [2.05, 4.69) is 9.50 Å². The Morgan fingerprint density at radius 1 is 1.43 bits per heavy atom. The molecule has 0 atom stereocenters. The molecule has 0 spiro atoms. The number of hydrogen-bond donors (Lipinski definition) is 1. The number of carbonyl (C=O) groups excluding carboxylic acids is 1. The molecule has 1 rings (SSSR count). The standard InChI is InChI=1S/C12H17ClN2O2.CH4O4S/c1-12(2,3)17-11(16)14-8-10-7-9(13)5-6-15(10)4;1-5-6(2,3)4/h5-7H,8H2,1-4H3;1H3,(H,2,3,4). The van der Waals surface area contributed by atoms with Gasteiger partial charge in [-0.1, -0.05) is 11.6 Å². The number of aryl methyl sites for hydroxylation is 1. The van der Waals surface area contributed by atoms with E-state index in [1.54, 1.807) is 12.1 Å². The number of halogens is 1. The fraction of sp³-hybridized carbons (Fsp3) is 0.538. The fourth-order valence-electron chi connectivity index (χ4n) is 1.24. The van der Waals surface area contributed by atoms with Crippen molar-refractivity contribution in [2.24, 2.45) is 7.05 Å². The van der Waals surface area contributed by atoms with Crippen LogP contribution in [0.2, 0.25) is 5.02 Å². The molecule has 0 aliphatic carbocycles. The maximum Gasteiger partial charge on any atom is 0.408 e. The Morgan fingerprint density at radius 2 is 1.96 bits per heavy atom. The molecular formula is C13H21ClN2O6S. The monoisotopic (exact) mass is 368 g/mol. The van der Waals surface area contributed by atoms with Gasteiger partial charge in [-0.2, -0.15) is 0 Å². The minimum Gasteiger partial charge on any atom is -0.726 e. The normalized spacial score (nSPS) is 11.3. The summed E-state index contributed by atoms with van der Waals surface area (Å²) >= 11 is 5.88. The lowest BCUT2D eigenvalue weighted by Crippen LogP contribution is -2.38. The number of carbonyl (C=O) groups is 1. The van der Waals surface area contributed by atoms with Crippen LogP contribution in [-0.2, 0) is 32.9 Å². The van der Waals surface area contributed by atoms with Crippen LogP contribution in [0.3, 0.4) is 0 Å². The Labute approximate surface area is 141 Å². The van der Waals surface area contributed by atoms with Gasteiger partial charge in [0.1, 0.15) is 19.2 Å². The molecule has 0 unspecified atom stereocenters. The van der Waals surface area contributed by atoms with Crippen LogP contribution in [0.5, 0.6) is 0 Å². The van der Waals surface area contributed by atoms with Crippen LogP contribution < -0.4 is 9.88 Å². The van der Waals surface area contributed by atoms with Gasteiger partial charge in [0.15, 0.2) is 6.20 Å². The summed E-state index contributed by atoms with van der Waals surface area (Å²) in [5, 5.41) is 3.33. The van der Waals surface area contributed by atoms with Crippen LogP contribution in [0, 0.1) is 0 Å². The van der Waals surface area contributed by atoms with Gasteiger partial charge in [-0.15, -0.1) is 0 Å². The second-order valence-corrected chi connectivity index (χ2v) is 6.96. The second-order valence-electron chi connectivity index (χ2n) is 5.38. The van der Waals surface area contributed by atoms with Crippen LogP contribution >= 0.6 is 11.6 Å². The van der Waals surface area contributed by atoms with Crippen molar-refractivity contribution in [1.29, 1.82) is 0 Å². The van der Waals surface area contributed by atoms with Gasteiger partial charge in [0.05, 0.1) is 12.1 Å². The maximum atomic E-state index is 11.5. The second kappa shape index (κ2) is 9.02. The van der Waals surface area contributed by atoms with Gasteiger partial charge in [-0.3, -0.25) is 4.18 Å². The zero-order chi connectivity index (χ0) is 18.3. The number of aromatic nitrogens is 1. The van der Waals surface area contributed by atoms with Gasteiger partial charge in [0.25, 0.3) is 0 Å². The predicted octanol–water partition coefficient (Wildman–Crippen LogP) is 1.28. The highest BCUT2D eigenvalue weighted by molar-refractivity contribution is 7.80. The number of ether oxygens (including phenoxy) is 1. The molecule has 0 aliphatic heterocycles. The van der Waals surface area contributed by atoms with Gasteiger partial charge >= 0.3 is 6.09 Å². The average Bonchev–Trinajstić information content (AvgIpc) is 2.38. The Morgan fingerprint density at radius 3 is 2.39 bits per heavy atom. The summed E-state index contributed by atoms with van der Waals surface area (Å²) in [5.74, 6) is 0. The topological polar surface area (TPSA) is 109 Å². The first-order chi connectivity index (χ1) is 10.3. The molecule has 1 aromatic rings. The highest BCUT2D eigenvalue weighted by atomic mass is 35.5. The minimum absolute atomic E-state index is 0.381. The number of alkyl carbamates (subject to hydrolysis) is 1. The summed E-state index contributed by atoms with van der Waals surface area (Å²) in [6.07, 6.45) is 1.41. The molecule has 0 fully saturated rings. The third-order valence-electron chi connectivity index (χ3n) is 2.23. The average molecular weight is 369 g/mol. The van der Waals surface area contributed by atoms with E-state index in [9.17, 15) is 17.8 Å². The molecule has 0 aromatic carbocycles. The molecule has 1 heterocycles. The number of amides is 1. The van der Waals surface area contributed by atoms with Crippen molar-refractivity contribution in [3.8, 4) is 0 Å². The van der Waals surface area contributed by atoms with Crippen LogP contribution in [0.15, 0.2) is 18.3 Å². The van der Waals surface area contributed by atoms with Crippen molar-refractivity contribution in [2.75, 3.05) is 7.11 Å². The third kappa shape index (κ3) is 11.8. The molecule has 132 valence electrons. The summed E-state index contributed by atoms with van der Waals surface area (Å²) < 4.78 is 38.1. The molecule has 0 aliphatic rings. The third-order valence-corrected chi connectivity index (χ3v) is 2.88. The van der Waals surface area contributed by atoms with Crippen LogP contribution in [-0.4, -0.2) is 31.8 Å². The van der Waals surface area contributed by atoms with Crippen LogP contribution in [0.1, 0.15) is 26.5 Å². The van der Waals surface area contributed by atoms with Crippen molar-refractivity contribution >= 4 is 28.1 Å². The Balaban J connectivity index is 0.000000688. The van der Waals surface area contributed by atoms with E-state index in [0.29, 0.717) is 11.6 Å². The summed E-state index contributed by atoms with van der Waals surface area (Å²) in [6, 6.07) is 3.59. The van der Waals surface area contributed by atoms with E-state index in [-0.39, 0.29) is 0 Å². The molecule has 1 amide bonds. The molecule has 1 aromatic heterocycles. The van der Waals surface area contributed by atoms with E-state index >= 15 is 0 Å². The zero-order valence-electron chi connectivity index (χ0n) is 13.6. The number of nitrogens with zero attached hydrogens (tertiary/aromatic N) is 1. The SMILES string of the molecule is COS(=O)(=O)[O-].C[n+]1ccc(Cl)cc1CNC(=O)OC(C)(C)C. The first-order valence-electron chi connectivity index (χ1n) is 6.46. The molecule has 0 saturated heterocycles. The van der Waals surface area contributed by atoms with Gasteiger partial charge in [0, 0.05) is 12.1 Å². The highest BCUT2D eigenvalue weighted by Gasteiger charge is 2.17. The van der Waals surface area contributed by atoms with Gasteiger partial charge in [-0.25, -0.2) is 17.8 Å². The lowest BCUT2D eigenvalue weighted by atomic mass is 10.2. The molecule has 8 nitrogen and oxygen atoms in total. The Hall–Kier alpha value is -1.42. The van der Waals surface area contributed by atoms with Crippen molar-refractivity contribution in [1.82, 2.24) is 5.32 Å². The van der Waals surface area contributed by atoms with E-state index in [4.69, 9.17) is 16.3 Å². The Kier molecular flexibility index (Phi) is 8.46. The molecule has 0 saturated carbocycles. The molecule has 23 heavy (non-hydrogen) atoms. The van der Waals surface area contributed by atoms with Gasteiger partial charge < -0.3 is 14.6 Å². The smallest absolute Gasteiger partial charge is 0.408 e. The summed E-state index contributed by atoms with van der Waals surface area (Å²) in [4.78, 5) is 11.5. The summed E-state index contributed by atoms with van der Waals surface area (Å²) in [7, 11) is -1.71. The van der Waals surface area contributed by atoms with E-state index in [1.165, 1.54) is 0 Å². The molecule has 0 bridgehead atoms. The lowest BCUT2D eigenvalue weighted by Gasteiger charge is -2.19. The largest absolute Gasteiger partial charge is 0.726 e. The Bertz CT molecular complexity index is 628. The number of rotatable bonds is 3. The molecule has 1 N–H and O–H groups in total. The maximum absolute atomic E-state index is 11.5. The van der Waals surface area contributed by atoms with Crippen LogP contribution in [0.4, 0.5) is 4.79 Å². The van der Waals surface area contributed by atoms with Crippen molar-refractivity contribution in [2.45, 2.75) is 32.9 Å². The van der Waals surface area contributed by atoms with Crippen LogP contribution in [0.25, 0.3) is 0 Å². The van der Waals surface area contributed by atoms with Crippen molar-refractivity contribution in [3.05, 3.63) is 29.0 Å². The highest BCUT2D eigenvalue weighted by Crippen LogP contribution is 2.08. The lowest BCUT2D eigenvalue weighted by molar-refractivity contribution is -0.679. The quantitative estimate of drug-likeness (QED) is 0.489. The van der Waals surface area contributed by atoms with E-state index < -0.39 is 22.1 Å². The first kappa shape index (κ1) is 21.6.